The van der Waals surface area contributed by atoms with Crippen molar-refractivity contribution in [3.63, 3.8) is 0 Å². The average molecular weight is 296 g/mol. The maximum absolute atomic E-state index is 12.0. The minimum absolute atomic E-state index is 0.0358. The van der Waals surface area contributed by atoms with Gasteiger partial charge in [-0.15, -0.1) is 12.6 Å². The smallest absolute Gasteiger partial charge is 0.405 e. The zero-order valence-electron chi connectivity index (χ0n) is 11.8. The largest absolute Gasteiger partial charge is 0.462 e. The van der Waals surface area contributed by atoms with Crippen LogP contribution in [0.4, 0.5) is 0 Å². The molecular weight excluding hydrogens is 278 g/mol. The molecule has 20 heavy (non-hydrogen) atoms. The third kappa shape index (κ3) is 4.09. The summed E-state index contributed by atoms with van der Waals surface area (Å²) < 4.78 is 11.3. The lowest BCUT2D eigenvalue weighted by Crippen LogP contribution is -2.38. The van der Waals surface area contributed by atoms with Crippen molar-refractivity contribution in [1.29, 1.82) is 0 Å². The standard InChI is InChI=1S/C14H17NO4S/c1-4-18-13(16)11(12(20)14(17)19-5-2)15-8-6-10(3)7-9-15/h6-9H,4-5H2,1-3H3/p+1. The number of hydrogen-bond acceptors (Lipinski definition) is 5. The second-order valence-electron chi connectivity index (χ2n) is 3.92. The molecular formula is C14H18NO4S+. The molecule has 0 atom stereocenters. The van der Waals surface area contributed by atoms with Crippen molar-refractivity contribution < 1.29 is 23.6 Å². The highest BCUT2D eigenvalue weighted by atomic mass is 32.1. The minimum atomic E-state index is -0.660. The van der Waals surface area contributed by atoms with Crippen LogP contribution in [0.5, 0.6) is 0 Å². The van der Waals surface area contributed by atoms with E-state index in [0.717, 1.165) is 5.56 Å². The van der Waals surface area contributed by atoms with E-state index in [1.807, 2.05) is 19.1 Å². The van der Waals surface area contributed by atoms with E-state index in [0.29, 0.717) is 0 Å². The van der Waals surface area contributed by atoms with Crippen LogP contribution in [0.2, 0.25) is 0 Å². The van der Waals surface area contributed by atoms with Crippen LogP contribution >= 0.6 is 12.6 Å². The number of esters is 2. The molecule has 0 saturated heterocycles. The van der Waals surface area contributed by atoms with Gasteiger partial charge in [-0.05, 0) is 26.3 Å². The first kappa shape index (κ1) is 16.2. The summed E-state index contributed by atoms with van der Waals surface area (Å²) in [4.78, 5) is 23.7. The van der Waals surface area contributed by atoms with Crippen molar-refractivity contribution in [3.8, 4) is 0 Å². The van der Waals surface area contributed by atoms with Gasteiger partial charge in [0.1, 0.15) is 0 Å². The topological polar surface area (TPSA) is 56.5 Å². The van der Waals surface area contributed by atoms with Crippen molar-refractivity contribution in [2.45, 2.75) is 20.8 Å². The Balaban J connectivity index is 3.27. The number of aromatic nitrogens is 1. The highest BCUT2D eigenvalue weighted by Crippen LogP contribution is 2.13. The Bertz CT molecular complexity index is 522. The number of rotatable bonds is 5. The van der Waals surface area contributed by atoms with Gasteiger partial charge >= 0.3 is 17.6 Å². The van der Waals surface area contributed by atoms with E-state index in [-0.39, 0.29) is 23.8 Å². The average Bonchev–Trinajstić information content (AvgIpc) is 2.41. The Morgan fingerprint density at radius 3 is 2.10 bits per heavy atom. The molecule has 1 aromatic heterocycles. The maximum Gasteiger partial charge on any atom is 0.405 e. The summed E-state index contributed by atoms with van der Waals surface area (Å²) in [6, 6.07) is 3.62. The van der Waals surface area contributed by atoms with E-state index in [1.54, 1.807) is 26.2 Å². The molecule has 1 heterocycles. The molecule has 0 aromatic carbocycles. The summed E-state index contributed by atoms with van der Waals surface area (Å²) in [5.74, 6) is -1.29. The number of pyridine rings is 1. The molecule has 0 saturated carbocycles. The third-order valence-corrected chi connectivity index (χ3v) is 2.81. The van der Waals surface area contributed by atoms with Gasteiger partial charge in [-0.1, -0.05) is 0 Å². The number of thiol groups is 1. The van der Waals surface area contributed by atoms with Crippen LogP contribution < -0.4 is 4.57 Å². The molecule has 0 aliphatic rings. The lowest BCUT2D eigenvalue weighted by Gasteiger charge is -2.06. The molecule has 0 fully saturated rings. The molecule has 6 heteroatoms. The lowest BCUT2D eigenvalue weighted by atomic mass is 10.3. The summed E-state index contributed by atoms with van der Waals surface area (Å²) >= 11 is 4.11. The summed E-state index contributed by atoms with van der Waals surface area (Å²) in [5, 5.41) is 0. The lowest BCUT2D eigenvalue weighted by molar-refractivity contribution is -0.578. The van der Waals surface area contributed by atoms with Crippen LogP contribution in [0, 0.1) is 6.92 Å². The summed E-state index contributed by atoms with van der Waals surface area (Å²) in [5.41, 5.74) is 1.06. The molecule has 0 spiro atoms. The normalized spacial score (nSPS) is 11.6. The van der Waals surface area contributed by atoms with Crippen LogP contribution in [0.3, 0.4) is 0 Å². The summed E-state index contributed by atoms with van der Waals surface area (Å²) in [6.45, 7) is 5.71. The van der Waals surface area contributed by atoms with Gasteiger partial charge in [-0.3, -0.25) is 0 Å². The van der Waals surface area contributed by atoms with Gasteiger partial charge in [0.25, 0.3) is 0 Å². The van der Waals surface area contributed by atoms with Crippen molar-refractivity contribution >= 4 is 30.3 Å². The second-order valence-corrected chi connectivity index (χ2v) is 4.37. The van der Waals surface area contributed by atoms with E-state index in [9.17, 15) is 9.59 Å². The molecule has 0 bridgehead atoms. The molecule has 5 nitrogen and oxygen atoms in total. The minimum Gasteiger partial charge on any atom is -0.462 e. The first-order chi connectivity index (χ1) is 9.51. The summed E-state index contributed by atoms with van der Waals surface area (Å²) in [7, 11) is 0. The SMILES string of the molecule is CCOC(=O)/C(S)=C(\C(=O)OCC)[n+]1ccc(C)cc1. The Morgan fingerprint density at radius 1 is 1.10 bits per heavy atom. The third-order valence-electron chi connectivity index (χ3n) is 2.42. The molecule has 108 valence electrons. The van der Waals surface area contributed by atoms with Gasteiger partial charge in [0.05, 0.1) is 13.2 Å². The predicted octanol–water partition coefficient (Wildman–Crippen LogP) is 1.51. The molecule has 0 aliphatic heterocycles. The van der Waals surface area contributed by atoms with Crippen LogP contribution in [-0.2, 0) is 19.1 Å². The second kappa shape index (κ2) is 7.69. The number of nitrogens with zero attached hydrogens (tertiary/aromatic N) is 1. The Morgan fingerprint density at radius 2 is 1.60 bits per heavy atom. The molecule has 1 rings (SSSR count). The molecule has 0 aliphatic carbocycles. The van der Waals surface area contributed by atoms with Gasteiger partial charge < -0.3 is 9.47 Å². The zero-order valence-corrected chi connectivity index (χ0v) is 12.6. The number of carbonyl (C=O) groups is 2. The zero-order chi connectivity index (χ0) is 15.1. The Hall–Kier alpha value is -1.82. The Kier molecular flexibility index (Phi) is 6.24. The number of ether oxygens (including phenoxy) is 2. The number of hydrogen-bond donors (Lipinski definition) is 1. The monoisotopic (exact) mass is 296 g/mol. The van der Waals surface area contributed by atoms with E-state index in [4.69, 9.17) is 9.47 Å². The van der Waals surface area contributed by atoms with Gasteiger partial charge in [0.2, 0.25) is 0 Å². The first-order valence-electron chi connectivity index (χ1n) is 6.27. The van der Waals surface area contributed by atoms with Gasteiger partial charge in [-0.25, -0.2) is 9.59 Å². The quantitative estimate of drug-likeness (QED) is 0.387. The van der Waals surface area contributed by atoms with Gasteiger partial charge in [0, 0.05) is 12.1 Å². The fourth-order valence-electron chi connectivity index (χ4n) is 1.47. The molecule has 0 amide bonds. The van der Waals surface area contributed by atoms with Crippen LogP contribution in [0.1, 0.15) is 19.4 Å². The molecule has 0 unspecified atom stereocenters. The Labute approximate surface area is 123 Å². The molecule has 0 radical (unpaired) electrons. The first-order valence-corrected chi connectivity index (χ1v) is 6.71. The van der Waals surface area contributed by atoms with Crippen molar-refractivity contribution in [3.05, 3.63) is 35.0 Å². The predicted molar refractivity (Wildman–Crippen MR) is 76.8 cm³/mol. The molecule has 0 N–H and O–H groups in total. The number of carbonyl (C=O) groups excluding carboxylic acids is 2. The van der Waals surface area contributed by atoms with Crippen LogP contribution in [0.15, 0.2) is 29.4 Å². The van der Waals surface area contributed by atoms with Crippen molar-refractivity contribution in [1.82, 2.24) is 0 Å². The van der Waals surface area contributed by atoms with Gasteiger partial charge in [-0.2, -0.15) is 4.57 Å². The highest BCUT2D eigenvalue weighted by Gasteiger charge is 2.29. The maximum atomic E-state index is 12.0. The molecule has 1 aromatic rings. The fraction of sp³-hybridized carbons (Fsp3) is 0.357. The number of aryl methyl sites for hydroxylation is 1. The van der Waals surface area contributed by atoms with Crippen LogP contribution in [-0.4, -0.2) is 25.2 Å². The highest BCUT2D eigenvalue weighted by molar-refractivity contribution is 7.85. The van der Waals surface area contributed by atoms with Gasteiger partial charge in [0.15, 0.2) is 17.3 Å². The summed E-state index contributed by atoms with van der Waals surface area (Å²) in [6.07, 6.45) is 3.33. The van der Waals surface area contributed by atoms with Crippen molar-refractivity contribution in [2.24, 2.45) is 0 Å². The van der Waals surface area contributed by atoms with E-state index in [1.165, 1.54) is 4.57 Å². The van der Waals surface area contributed by atoms with E-state index < -0.39 is 11.9 Å². The van der Waals surface area contributed by atoms with E-state index >= 15 is 0 Å². The fourth-order valence-corrected chi connectivity index (χ4v) is 1.74. The van der Waals surface area contributed by atoms with Crippen molar-refractivity contribution in [2.75, 3.05) is 13.2 Å². The van der Waals surface area contributed by atoms with E-state index in [2.05, 4.69) is 12.6 Å². The van der Waals surface area contributed by atoms with Crippen LogP contribution in [0.25, 0.3) is 5.70 Å².